The van der Waals surface area contributed by atoms with Gasteiger partial charge in [0, 0.05) is 36.5 Å². The predicted octanol–water partition coefficient (Wildman–Crippen LogP) is 0.218. The topological polar surface area (TPSA) is 214 Å². The lowest BCUT2D eigenvalue weighted by molar-refractivity contribution is -0.150. The number of hydrogen-bond donors (Lipinski definition) is 4. The summed E-state index contributed by atoms with van der Waals surface area (Å²) in [6, 6.07) is -1.07. The molecule has 0 spiro atoms. The molecule has 3 aliphatic rings. The number of nitrogens with zero attached hydrogens (tertiary/aromatic N) is 7. The van der Waals surface area contributed by atoms with Gasteiger partial charge in [-0.2, -0.15) is 14.5 Å². The number of β-lactam (4-membered cyclic amide) rings is 1. The second kappa shape index (κ2) is 13.8. The standard InChI is InChI=1S/C23H31FN10O5S2/c1-33(11-27-7-13-4-2-3-12(5-13)6-25)28-8-14-9-40-21-16(20(36)34(21)17(14)22(37)38)29-19(35)15(31-39-10-24)18-30-23(26)41-32-18/h8,11-13,16,21H,2-7,9-10,25H2,1H3,(H,29,35)(H,37,38)(H2,26,30,32)/b27-11+,28-8?,31-15-/t12?,13?,16?,21-/m0/s1. The third-order valence-electron chi connectivity index (χ3n) is 6.79. The lowest BCUT2D eigenvalue weighted by Gasteiger charge is -2.49. The molecule has 2 amide bonds. The number of aliphatic carboxylic acids is 1. The van der Waals surface area contributed by atoms with Gasteiger partial charge >= 0.3 is 5.97 Å². The molecule has 0 radical (unpaired) electrons. The van der Waals surface area contributed by atoms with E-state index in [-0.39, 0.29) is 22.4 Å². The van der Waals surface area contributed by atoms with Crippen LogP contribution in [0.5, 0.6) is 0 Å². The molecule has 2 aliphatic heterocycles. The highest BCUT2D eigenvalue weighted by molar-refractivity contribution is 8.00. The first-order valence-corrected chi connectivity index (χ1v) is 14.6. The Balaban J connectivity index is 1.40. The number of hydrazone groups is 1. The highest BCUT2D eigenvalue weighted by Gasteiger charge is 2.54. The number of aliphatic imine (C=N–C) groups is 1. The van der Waals surface area contributed by atoms with Crippen LogP contribution >= 0.6 is 23.3 Å². The van der Waals surface area contributed by atoms with Crippen LogP contribution in [0.25, 0.3) is 0 Å². The molecular weight excluding hydrogens is 579 g/mol. The van der Waals surface area contributed by atoms with E-state index >= 15 is 0 Å². The number of halogens is 1. The number of carbonyl (C=O) groups excluding carboxylic acids is 2. The van der Waals surface area contributed by atoms with Crippen LogP contribution < -0.4 is 16.8 Å². The summed E-state index contributed by atoms with van der Waals surface area (Å²) in [5.74, 6) is -1.81. The van der Waals surface area contributed by atoms with Crippen molar-refractivity contribution in [2.75, 3.05) is 38.5 Å². The summed E-state index contributed by atoms with van der Waals surface area (Å²) < 4.78 is 16.4. The Labute approximate surface area is 243 Å². The van der Waals surface area contributed by atoms with Crippen LogP contribution in [0.15, 0.2) is 26.5 Å². The second-order valence-electron chi connectivity index (χ2n) is 9.61. The van der Waals surface area contributed by atoms with E-state index in [2.05, 4.69) is 34.8 Å². The van der Waals surface area contributed by atoms with Crippen molar-refractivity contribution in [3.05, 3.63) is 17.1 Å². The van der Waals surface area contributed by atoms with E-state index < -0.39 is 41.8 Å². The third-order valence-corrected chi connectivity index (χ3v) is 8.64. The van der Waals surface area contributed by atoms with E-state index in [1.54, 1.807) is 13.4 Å². The Hall–Kier alpha value is -3.64. The molecule has 1 saturated carbocycles. The number of alkyl halides is 1. The third kappa shape index (κ3) is 7.17. The number of nitrogens with one attached hydrogen (secondary N) is 1. The quantitative estimate of drug-likeness (QED) is 0.109. The van der Waals surface area contributed by atoms with E-state index in [0.717, 1.165) is 42.1 Å². The summed E-state index contributed by atoms with van der Waals surface area (Å²) in [6.07, 6.45) is 7.48. The molecule has 41 heavy (non-hydrogen) atoms. The zero-order valence-corrected chi connectivity index (χ0v) is 23.8. The summed E-state index contributed by atoms with van der Waals surface area (Å²) in [4.78, 5) is 51.7. The number of nitrogen functional groups attached to an aromatic ring is 1. The smallest absolute Gasteiger partial charge is 0.353 e. The van der Waals surface area contributed by atoms with Gasteiger partial charge in [-0.15, -0.1) is 11.8 Å². The molecule has 6 N–H and O–H groups in total. The molecule has 4 atom stereocenters. The molecule has 15 nitrogen and oxygen atoms in total. The Morgan fingerprint density at radius 3 is 2.83 bits per heavy atom. The van der Waals surface area contributed by atoms with Crippen LogP contribution in [0.4, 0.5) is 9.52 Å². The highest BCUT2D eigenvalue weighted by Crippen LogP contribution is 2.40. The Kier molecular flexibility index (Phi) is 10.2. The largest absolute Gasteiger partial charge is 0.477 e. The number of hydrogen-bond acceptors (Lipinski definition) is 13. The van der Waals surface area contributed by atoms with Crippen molar-refractivity contribution in [2.24, 2.45) is 32.8 Å². The molecule has 0 bridgehead atoms. The van der Waals surface area contributed by atoms with Gasteiger partial charge in [0.05, 0.1) is 6.21 Å². The van der Waals surface area contributed by atoms with Gasteiger partial charge in [-0.25, -0.2) is 9.18 Å². The predicted molar refractivity (Wildman–Crippen MR) is 152 cm³/mol. The Bertz CT molecular complexity index is 1270. The fraction of sp³-hybridized carbons (Fsp3) is 0.565. The summed E-state index contributed by atoms with van der Waals surface area (Å²) >= 11 is 2.04. The molecule has 1 aromatic heterocycles. The van der Waals surface area contributed by atoms with E-state index in [1.165, 1.54) is 23.0 Å². The lowest BCUT2D eigenvalue weighted by atomic mass is 9.81. The van der Waals surface area contributed by atoms with Crippen molar-refractivity contribution in [2.45, 2.75) is 37.1 Å². The number of nitrogens with two attached hydrogens (primary N) is 2. The van der Waals surface area contributed by atoms with Crippen LogP contribution in [0, 0.1) is 11.8 Å². The number of anilines is 1. The Morgan fingerprint density at radius 2 is 2.15 bits per heavy atom. The zero-order chi connectivity index (χ0) is 29.5. The maximum Gasteiger partial charge on any atom is 0.353 e. The maximum atomic E-state index is 13.0. The van der Waals surface area contributed by atoms with Gasteiger partial charge in [0.1, 0.15) is 23.5 Å². The minimum Gasteiger partial charge on any atom is -0.477 e. The molecule has 2 fully saturated rings. The average Bonchev–Trinajstić information content (AvgIpc) is 3.40. The van der Waals surface area contributed by atoms with Gasteiger partial charge < -0.3 is 26.7 Å². The van der Waals surface area contributed by atoms with Crippen molar-refractivity contribution in [3.8, 4) is 0 Å². The summed E-state index contributed by atoms with van der Waals surface area (Å²) in [5.41, 5.74) is 11.0. The molecule has 18 heteroatoms. The molecule has 1 aliphatic carbocycles. The van der Waals surface area contributed by atoms with Crippen LogP contribution in [0.2, 0.25) is 0 Å². The zero-order valence-electron chi connectivity index (χ0n) is 22.2. The van der Waals surface area contributed by atoms with Crippen molar-refractivity contribution >= 4 is 64.5 Å². The van der Waals surface area contributed by atoms with Crippen molar-refractivity contribution in [3.63, 3.8) is 0 Å². The SMILES string of the molecule is CN(/C=N/CC1CCCC(CN)C1)N=CC1=C(C(=O)O)N2C(=O)C(NC(=O)/C(=N\OCF)c3nsc(N)n3)[C@@H]2SC1. The number of carboxylic acid groups (broad SMARTS) is 1. The number of rotatable bonds is 12. The lowest BCUT2D eigenvalue weighted by Crippen LogP contribution is -2.71. The minimum atomic E-state index is -1.31. The average molecular weight is 611 g/mol. The number of carbonyl (C=O) groups is 3. The van der Waals surface area contributed by atoms with Crippen LogP contribution in [0.3, 0.4) is 0 Å². The van der Waals surface area contributed by atoms with Crippen LogP contribution in [-0.2, 0) is 19.2 Å². The normalized spacial score (nSPS) is 24.9. The fourth-order valence-corrected chi connectivity index (χ4v) is 6.57. The molecule has 0 aromatic carbocycles. The summed E-state index contributed by atoms with van der Waals surface area (Å²) in [6.45, 7) is 0.0603. The minimum absolute atomic E-state index is 0.0432. The van der Waals surface area contributed by atoms with E-state index in [9.17, 15) is 23.9 Å². The second-order valence-corrected chi connectivity index (χ2v) is 11.5. The van der Waals surface area contributed by atoms with E-state index in [0.29, 0.717) is 30.5 Å². The van der Waals surface area contributed by atoms with Gasteiger partial charge in [0.2, 0.25) is 11.5 Å². The van der Waals surface area contributed by atoms with E-state index in [4.69, 9.17) is 11.5 Å². The molecule has 3 heterocycles. The fourth-order valence-electron chi connectivity index (χ4n) is 4.84. The first-order valence-electron chi connectivity index (χ1n) is 12.8. The Morgan fingerprint density at radius 1 is 1.37 bits per heavy atom. The van der Waals surface area contributed by atoms with Gasteiger partial charge in [-0.3, -0.25) is 24.5 Å². The van der Waals surface area contributed by atoms with Crippen molar-refractivity contribution in [1.82, 2.24) is 24.6 Å². The van der Waals surface area contributed by atoms with E-state index in [1.807, 2.05) is 0 Å². The van der Waals surface area contributed by atoms with Crippen LogP contribution in [0.1, 0.15) is 31.5 Å². The molecular formula is C23H31FN10O5S2. The van der Waals surface area contributed by atoms with Gasteiger partial charge in [0.25, 0.3) is 18.7 Å². The van der Waals surface area contributed by atoms with Gasteiger partial charge in [-0.05, 0) is 37.6 Å². The van der Waals surface area contributed by atoms with Crippen LogP contribution in [-0.4, -0.2) is 105 Å². The highest BCUT2D eigenvalue weighted by atomic mass is 32.2. The monoisotopic (exact) mass is 610 g/mol. The number of aromatic nitrogens is 2. The molecule has 4 rings (SSSR count). The molecule has 3 unspecified atom stereocenters. The molecule has 1 saturated heterocycles. The van der Waals surface area contributed by atoms with Crippen molar-refractivity contribution in [1.29, 1.82) is 0 Å². The number of amides is 2. The van der Waals surface area contributed by atoms with Gasteiger partial charge in [-0.1, -0.05) is 11.6 Å². The molecule has 1 aromatic rings. The van der Waals surface area contributed by atoms with Crippen molar-refractivity contribution < 1.29 is 28.7 Å². The maximum absolute atomic E-state index is 13.0. The summed E-state index contributed by atoms with van der Waals surface area (Å²) in [5, 5.41) is 20.9. The first-order chi connectivity index (χ1) is 19.7. The van der Waals surface area contributed by atoms with Gasteiger partial charge in [0.15, 0.2) is 5.13 Å². The number of fused-ring (bicyclic) bond motifs is 1. The number of thioether (sulfide) groups is 1. The number of oxime groups is 1. The summed E-state index contributed by atoms with van der Waals surface area (Å²) in [7, 11) is 1.68. The first kappa shape index (κ1) is 30.3. The molecule has 222 valence electrons. The number of carboxylic acids is 1.